The maximum absolute atomic E-state index is 12.3. The second-order valence-electron chi connectivity index (χ2n) is 5.03. The van der Waals surface area contributed by atoms with Gasteiger partial charge in [0, 0.05) is 23.4 Å². The fraction of sp³-hybridized carbons (Fsp3) is 0.562. The Kier molecular flexibility index (Phi) is 6.36. The number of rotatable bonds is 7. The summed E-state index contributed by atoms with van der Waals surface area (Å²) in [6.45, 7) is 6.95. The summed E-state index contributed by atoms with van der Waals surface area (Å²) in [5, 5.41) is 3.04. The Hall–Kier alpha value is -1.02. The number of hydrogen-bond donors (Lipinski definition) is 1. The van der Waals surface area contributed by atoms with Gasteiger partial charge in [0.25, 0.3) is 5.91 Å². The smallest absolute Gasteiger partial charge is 0.251 e. The lowest BCUT2D eigenvalue weighted by Crippen LogP contribution is -2.38. The van der Waals surface area contributed by atoms with Crippen LogP contribution in [0.15, 0.2) is 24.3 Å². The fourth-order valence-electron chi connectivity index (χ4n) is 2.15. The van der Waals surface area contributed by atoms with Gasteiger partial charge < -0.3 is 5.32 Å². The molecule has 0 aromatic heterocycles. The minimum absolute atomic E-state index is 0.00819. The first-order valence-corrected chi connectivity index (χ1v) is 7.58. The van der Waals surface area contributed by atoms with E-state index in [-0.39, 0.29) is 11.3 Å². The van der Waals surface area contributed by atoms with E-state index < -0.39 is 0 Å². The van der Waals surface area contributed by atoms with Crippen molar-refractivity contribution in [1.29, 1.82) is 0 Å². The van der Waals surface area contributed by atoms with Crippen molar-refractivity contribution in [2.24, 2.45) is 5.41 Å². The third kappa shape index (κ3) is 3.97. The summed E-state index contributed by atoms with van der Waals surface area (Å²) in [4.78, 5) is 12.3. The van der Waals surface area contributed by atoms with E-state index in [0.29, 0.717) is 12.4 Å². The molecular weight excluding hydrogens is 258 g/mol. The first kappa shape index (κ1) is 16.0. The molecule has 2 nitrogen and oxygen atoms in total. The normalized spacial score (nSPS) is 11.4. The molecule has 3 heteroatoms. The number of amides is 1. The van der Waals surface area contributed by atoms with Crippen LogP contribution in [-0.4, -0.2) is 18.3 Å². The summed E-state index contributed by atoms with van der Waals surface area (Å²) in [7, 11) is 0. The molecule has 1 rings (SSSR count). The van der Waals surface area contributed by atoms with Gasteiger partial charge in [-0.05, 0) is 30.9 Å². The Morgan fingerprint density at radius 1 is 1.21 bits per heavy atom. The van der Waals surface area contributed by atoms with Crippen molar-refractivity contribution >= 4 is 17.5 Å². The van der Waals surface area contributed by atoms with Crippen LogP contribution in [-0.2, 0) is 6.42 Å². The molecule has 19 heavy (non-hydrogen) atoms. The van der Waals surface area contributed by atoms with Crippen molar-refractivity contribution in [2.75, 3.05) is 12.4 Å². The predicted octanol–water partition coefficient (Wildman–Crippen LogP) is 4.02. The summed E-state index contributed by atoms with van der Waals surface area (Å²) in [6.07, 6.45) is 2.82. The summed E-state index contributed by atoms with van der Waals surface area (Å²) in [5.74, 6) is 0.587. The lowest BCUT2D eigenvalue weighted by atomic mass is 9.84. The molecule has 1 amide bonds. The van der Waals surface area contributed by atoms with E-state index in [2.05, 4.69) is 26.1 Å². The van der Waals surface area contributed by atoms with E-state index in [9.17, 15) is 4.79 Å². The lowest BCUT2D eigenvalue weighted by Gasteiger charge is -2.29. The Labute approximate surface area is 121 Å². The highest BCUT2D eigenvalue weighted by molar-refractivity contribution is 6.18. The maximum atomic E-state index is 12.3. The Bertz CT molecular complexity index is 405. The summed E-state index contributed by atoms with van der Waals surface area (Å²) >= 11 is 6.06. The second-order valence-corrected chi connectivity index (χ2v) is 5.30. The summed E-state index contributed by atoms with van der Waals surface area (Å²) in [6, 6.07) is 7.76. The molecule has 0 heterocycles. The highest BCUT2D eigenvalue weighted by atomic mass is 35.5. The third-order valence-electron chi connectivity index (χ3n) is 4.05. The number of halogens is 1. The molecule has 0 radical (unpaired) electrons. The van der Waals surface area contributed by atoms with Gasteiger partial charge in [-0.1, -0.05) is 39.0 Å². The number of nitrogens with one attached hydrogen (secondary N) is 1. The molecule has 0 atom stereocenters. The van der Waals surface area contributed by atoms with Gasteiger partial charge in [0.05, 0.1) is 0 Å². The highest BCUT2D eigenvalue weighted by Crippen LogP contribution is 2.27. The molecule has 0 spiro atoms. The van der Waals surface area contributed by atoms with Crippen LogP contribution in [0.25, 0.3) is 0 Å². The molecule has 1 aromatic rings. The average molecular weight is 282 g/mol. The molecular formula is C16H24ClNO. The van der Waals surface area contributed by atoms with E-state index >= 15 is 0 Å². The van der Waals surface area contributed by atoms with E-state index in [1.807, 2.05) is 24.3 Å². The van der Waals surface area contributed by atoms with Crippen molar-refractivity contribution in [3.05, 3.63) is 35.4 Å². The molecule has 0 fully saturated rings. The van der Waals surface area contributed by atoms with Crippen LogP contribution in [0, 0.1) is 5.41 Å². The van der Waals surface area contributed by atoms with Crippen LogP contribution in [0.1, 0.15) is 49.5 Å². The van der Waals surface area contributed by atoms with Crippen molar-refractivity contribution in [3.8, 4) is 0 Å². The van der Waals surface area contributed by atoms with Gasteiger partial charge in [0.15, 0.2) is 0 Å². The molecule has 0 saturated carbocycles. The molecule has 0 aliphatic carbocycles. The van der Waals surface area contributed by atoms with Gasteiger partial charge in [0.2, 0.25) is 0 Å². The van der Waals surface area contributed by atoms with E-state index in [1.165, 1.54) is 0 Å². The van der Waals surface area contributed by atoms with E-state index in [0.717, 1.165) is 30.4 Å². The van der Waals surface area contributed by atoms with E-state index in [4.69, 9.17) is 11.6 Å². The monoisotopic (exact) mass is 281 g/mol. The first-order valence-electron chi connectivity index (χ1n) is 7.04. The molecule has 1 aromatic carbocycles. The minimum Gasteiger partial charge on any atom is -0.351 e. The topological polar surface area (TPSA) is 29.1 Å². The fourth-order valence-corrected chi connectivity index (χ4v) is 2.62. The van der Waals surface area contributed by atoms with Crippen molar-refractivity contribution in [1.82, 2.24) is 5.32 Å². The van der Waals surface area contributed by atoms with Crippen molar-refractivity contribution in [2.45, 2.75) is 40.0 Å². The number of carbonyl (C=O) groups is 1. The molecule has 0 aliphatic heterocycles. The molecule has 1 N–H and O–H groups in total. The Morgan fingerprint density at radius 2 is 1.84 bits per heavy atom. The third-order valence-corrected chi connectivity index (χ3v) is 4.62. The molecule has 106 valence electrons. The van der Waals surface area contributed by atoms with Gasteiger partial charge in [-0.3, -0.25) is 4.79 Å². The molecule has 0 aliphatic rings. The number of alkyl halides is 1. The highest BCUT2D eigenvalue weighted by Gasteiger charge is 2.26. The van der Waals surface area contributed by atoms with Crippen LogP contribution in [0.3, 0.4) is 0 Å². The van der Waals surface area contributed by atoms with Crippen LogP contribution in [0.2, 0.25) is 0 Å². The van der Waals surface area contributed by atoms with Crippen LogP contribution < -0.4 is 5.32 Å². The molecule has 0 saturated heterocycles. The zero-order valence-electron chi connectivity index (χ0n) is 12.1. The lowest BCUT2D eigenvalue weighted by molar-refractivity contribution is 0.0931. The van der Waals surface area contributed by atoms with Crippen LogP contribution >= 0.6 is 11.6 Å². The molecule has 0 unspecified atom stereocenters. The van der Waals surface area contributed by atoms with Gasteiger partial charge in [-0.2, -0.15) is 0 Å². The largest absolute Gasteiger partial charge is 0.351 e. The summed E-state index contributed by atoms with van der Waals surface area (Å²) in [5.41, 5.74) is 1.88. The van der Waals surface area contributed by atoms with Crippen LogP contribution in [0.4, 0.5) is 0 Å². The SMILES string of the molecule is CCc1ccccc1C(=O)NCC(CC)(CC)CCl. The predicted molar refractivity (Wildman–Crippen MR) is 81.9 cm³/mol. The van der Waals surface area contributed by atoms with Gasteiger partial charge >= 0.3 is 0 Å². The maximum Gasteiger partial charge on any atom is 0.251 e. The summed E-state index contributed by atoms with van der Waals surface area (Å²) < 4.78 is 0. The second kappa shape index (κ2) is 7.54. The standard InChI is InChI=1S/C16H24ClNO/c1-4-13-9-7-8-10-14(13)15(19)18-12-16(5-2,6-3)11-17/h7-10H,4-6,11-12H2,1-3H3,(H,18,19). The number of aryl methyl sites for hydroxylation is 1. The number of hydrogen-bond acceptors (Lipinski definition) is 1. The van der Waals surface area contributed by atoms with Crippen LogP contribution in [0.5, 0.6) is 0 Å². The zero-order valence-corrected chi connectivity index (χ0v) is 12.9. The number of carbonyl (C=O) groups excluding carboxylic acids is 1. The quantitative estimate of drug-likeness (QED) is 0.752. The van der Waals surface area contributed by atoms with E-state index in [1.54, 1.807) is 0 Å². The zero-order chi connectivity index (χ0) is 14.3. The van der Waals surface area contributed by atoms with Gasteiger partial charge in [-0.25, -0.2) is 0 Å². The van der Waals surface area contributed by atoms with Crippen molar-refractivity contribution < 1.29 is 4.79 Å². The first-order chi connectivity index (χ1) is 9.12. The Balaban J connectivity index is 2.75. The van der Waals surface area contributed by atoms with Gasteiger partial charge in [-0.15, -0.1) is 11.6 Å². The minimum atomic E-state index is 0.00819. The Morgan fingerprint density at radius 3 is 2.37 bits per heavy atom. The van der Waals surface area contributed by atoms with Crippen molar-refractivity contribution in [3.63, 3.8) is 0 Å². The van der Waals surface area contributed by atoms with Gasteiger partial charge in [0.1, 0.15) is 0 Å². The number of benzene rings is 1. The average Bonchev–Trinajstić information content (AvgIpc) is 2.49. The molecule has 0 bridgehead atoms.